The fourth-order valence-electron chi connectivity index (χ4n) is 3.01. The first-order valence-corrected chi connectivity index (χ1v) is 10.4. The summed E-state index contributed by atoms with van der Waals surface area (Å²) in [7, 11) is 0. The van der Waals surface area contributed by atoms with Gasteiger partial charge in [0, 0.05) is 12.2 Å². The van der Waals surface area contributed by atoms with E-state index in [0.717, 1.165) is 27.8 Å². The molecule has 0 fully saturated rings. The van der Waals surface area contributed by atoms with Gasteiger partial charge in [0.05, 0.1) is 0 Å². The molecule has 0 aliphatic rings. The zero-order valence-electron chi connectivity index (χ0n) is 18.2. The maximum atomic E-state index is 12.4. The maximum absolute atomic E-state index is 12.4. The molecule has 0 aliphatic heterocycles. The van der Waals surface area contributed by atoms with Crippen LogP contribution in [0.15, 0.2) is 91.0 Å². The van der Waals surface area contributed by atoms with Crippen molar-refractivity contribution in [2.75, 3.05) is 6.61 Å². The fourth-order valence-corrected chi connectivity index (χ4v) is 3.01. The molecule has 0 saturated carbocycles. The van der Waals surface area contributed by atoms with Crippen LogP contribution in [0.5, 0.6) is 0 Å². The van der Waals surface area contributed by atoms with Crippen molar-refractivity contribution in [2.45, 2.75) is 20.0 Å². The highest BCUT2D eigenvalue weighted by Crippen LogP contribution is 2.22. The van der Waals surface area contributed by atoms with Gasteiger partial charge in [-0.15, -0.1) is 0 Å². The standard InChI is InChI=1S/C28H26O4/c1-21-13-16-25(19-22(21)2)26(32-28(30)18-15-24-11-7-4-8-12-24)20-31-27(29)17-14-23-9-5-3-6-10-23/h3-19,26H,20H2,1-2H3/b17-14+,18-15+/t26-/m1/s1. The van der Waals surface area contributed by atoms with Gasteiger partial charge in [0.15, 0.2) is 6.10 Å². The Labute approximate surface area is 188 Å². The van der Waals surface area contributed by atoms with Crippen molar-refractivity contribution in [3.63, 3.8) is 0 Å². The summed E-state index contributed by atoms with van der Waals surface area (Å²) in [6.45, 7) is 3.92. The summed E-state index contributed by atoms with van der Waals surface area (Å²) >= 11 is 0. The first kappa shape index (κ1) is 22.8. The van der Waals surface area contributed by atoms with Crippen LogP contribution in [0.1, 0.15) is 33.9 Å². The number of carbonyl (C=O) groups excluding carboxylic acids is 2. The van der Waals surface area contributed by atoms with E-state index in [-0.39, 0.29) is 6.61 Å². The highest BCUT2D eigenvalue weighted by atomic mass is 16.6. The quantitative estimate of drug-likeness (QED) is 0.334. The normalized spacial score (nSPS) is 12.1. The summed E-state index contributed by atoms with van der Waals surface area (Å²) in [5.41, 5.74) is 4.76. The lowest BCUT2D eigenvalue weighted by Gasteiger charge is -2.18. The van der Waals surface area contributed by atoms with Gasteiger partial charge in [-0.25, -0.2) is 9.59 Å². The van der Waals surface area contributed by atoms with Gasteiger partial charge in [0.2, 0.25) is 0 Å². The van der Waals surface area contributed by atoms with E-state index in [1.807, 2.05) is 92.7 Å². The second-order valence-corrected chi connectivity index (χ2v) is 7.39. The molecule has 3 aromatic rings. The maximum Gasteiger partial charge on any atom is 0.331 e. The Balaban J connectivity index is 1.68. The molecule has 4 nitrogen and oxygen atoms in total. The number of rotatable bonds is 8. The topological polar surface area (TPSA) is 52.6 Å². The molecule has 0 radical (unpaired) electrons. The molecule has 32 heavy (non-hydrogen) atoms. The van der Waals surface area contributed by atoms with Crippen LogP contribution >= 0.6 is 0 Å². The van der Waals surface area contributed by atoms with Crippen LogP contribution in [0.2, 0.25) is 0 Å². The number of hydrogen-bond donors (Lipinski definition) is 0. The number of esters is 2. The van der Waals surface area contributed by atoms with Crippen molar-refractivity contribution in [3.05, 3.63) is 119 Å². The number of benzene rings is 3. The van der Waals surface area contributed by atoms with E-state index >= 15 is 0 Å². The largest absolute Gasteiger partial charge is 0.458 e. The van der Waals surface area contributed by atoms with E-state index in [1.165, 1.54) is 12.2 Å². The van der Waals surface area contributed by atoms with Crippen LogP contribution in [0.4, 0.5) is 0 Å². The van der Waals surface area contributed by atoms with E-state index in [0.29, 0.717) is 0 Å². The molecule has 0 unspecified atom stereocenters. The van der Waals surface area contributed by atoms with E-state index in [2.05, 4.69) is 0 Å². The number of hydrogen-bond acceptors (Lipinski definition) is 4. The smallest absolute Gasteiger partial charge is 0.331 e. The van der Waals surface area contributed by atoms with Gasteiger partial charge in [-0.3, -0.25) is 0 Å². The molecule has 0 aliphatic carbocycles. The van der Waals surface area contributed by atoms with Crippen LogP contribution in [0, 0.1) is 13.8 Å². The molecule has 3 rings (SSSR count). The first-order valence-electron chi connectivity index (χ1n) is 10.4. The highest BCUT2D eigenvalue weighted by Gasteiger charge is 2.18. The zero-order chi connectivity index (χ0) is 22.8. The van der Waals surface area contributed by atoms with Crippen LogP contribution in [-0.4, -0.2) is 18.5 Å². The number of aryl methyl sites for hydroxylation is 2. The van der Waals surface area contributed by atoms with Crippen molar-refractivity contribution in [1.29, 1.82) is 0 Å². The highest BCUT2D eigenvalue weighted by molar-refractivity contribution is 5.88. The number of carbonyl (C=O) groups is 2. The van der Waals surface area contributed by atoms with Crippen LogP contribution in [0.25, 0.3) is 12.2 Å². The van der Waals surface area contributed by atoms with Crippen LogP contribution in [-0.2, 0) is 19.1 Å². The summed E-state index contributed by atoms with van der Waals surface area (Å²) in [5.74, 6) is -1.01. The molecule has 0 N–H and O–H groups in total. The Bertz CT molecular complexity index is 1100. The van der Waals surface area contributed by atoms with Gasteiger partial charge < -0.3 is 9.47 Å². The van der Waals surface area contributed by atoms with Crippen LogP contribution < -0.4 is 0 Å². The van der Waals surface area contributed by atoms with Crippen molar-refractivity contribution in [2.24, 2.45) is 0 Å². The third kappa shape index (κ3) is 7.10. The van der Waals surface area contributed by atoms with E-state index < -0.39 is 18.0 Å². The molecule has 0 amide bonds. The predicted molar refractivity (Wildman–Crippen MR) is 127 cm³/mol. The van der Waals surface area contributed by atoms with E-state index in [1.54, 1.807) is 12.2 Å². The third-order valence-electron chi connectivity index (χ3n) is 4.96. The lowest BCUT2D eigenvalue weighted by atomic mass is 10.0. The molecule has 1 atom stereocenters. The zero-order valence-corrected chi connectivity index (χ0v) is 18.2. The Morgan fingerprint density at radius 1 is 0.750 bits per heavy atom. The molecular formula is C28H26O4. The molecular weight excluding hydrogens is 400 g/mol. The summed E-state index contributed by atoms with van der Waals surface area (Å²) in [6.07, 6.45) is 5.40. The molecule has 0 aromatic heterocycles. The average Bonchev–Trinajstić information content (AvgIpc) is 2.82. The van der Waals surface area contributed by atoms with E-state index in [9.17, 15) is 9.59 Å². The minimum Gasteiger partial charge on any atom is -0.458 e. The summed E-state index contributed by atoms with van der Waals surface area (Å²) in [5, 5.41) is 0. The van der Waals surface area contributed by atoms with Gasteiger partial charge in [0.25, 0.3) is 0 Å². The number of ether oxygens (including phenoxy) is 2. The monoisotopic (exact) mass is 426 g/mol. The molecule has 0 spiro atoms. The van der Waals surface area contributed by atoms with Gasteiger partial charge in [0.1, 0.15) is 6.61 Å². The Morgan fingerprint density at radius 2 is 1.31 bits per heavy atom. The van der Waals surface area contributed by atoms with Crippen molar-refractivity contribution >= 4 is 24.1 Å². The molecule has 3 aromatic carbocycles. The Kier molecular flexibility index (Phi) is 8.15. The lowest BCUT2D eigenvalue weighted by molar-refractivity contribution is -0.153. The molecule has 0 saturated heterocycles. The lowest BCUT2D eigenvalue weighted by Crippen LogP contribution is -2.17. The molecule has 0 bridgehead atoms. The first-order chi connectivity index (χ1) is 15.5. The van der Waals surface area contributed by atoms with Crippen molar-refractivity contribution in [3.8, 4) is 0 Å². The minimum absolute atomic E-state index is 0.0780. The van der Waals surface area contributed by atoms with Crippen molar-refractivity contribution < 1.29 is 19.1 Å². The summed E-state index contributed by atoms with van der Waals surface area (Å²) < 4.78 is 11.0. The summed E-state index contributed by atoms with van der Waals surface area (Å²) in [4.78, 5) is 24.7. The minimum atomic E-state index is -0.712. The van der Waals surface area contributed by atoms with Gasteiger partial charge in [-0.2, -0.15) is 0 Å². The Hall–Kier alpha value is -3.92. The second kappa shape index (κ2) is 11.5. The predicted octanol–water partition coefficient (Wildman–Crippen LogP) is 5.86. The average molecular weight is 427 g/mol. The van der Waals surface area contributed by atoms with E-state index in [4.69, 9.17) is 9.47 Å². The van der Waals surface area contributed by atoms with Gasteiger partial charge in [-0.05, 0) is 53.8 Å². The molecule has 0 heterocycles. The van der Waals surface area contributed by atoms with Crippen molar-refractivity contribution in [1.82, 2.24) is 0 Å². The summed E-state index contributed by atoms with van der Waals surface area (Å²) in [6, 6.07) is 24.8. The van der Waals surface area contributed by atoms with Crippen LogP contribution in [0.3, 0.4) is 0 Å². The van der Waals surface area contributed by atoms with Gasteiger partial charge >= 0.3 is 11.9 Å². The van der Waals surface area contributed by atoms with Gasteiger partial charge in [-0.1, -0.05) is 78.9 Å². The molecule has 162 valence electrons. The third-order valence-corrected chi connectivity index (χ3v) is 4.96. The Morgan fingerprint density at radius 3 is 1.88 bits per heavy atom. The fraction of sp³-hybridized carbons (Fsp3) is 0.143. The SMILES string of the molecule is Cc1ccc([C@@H](COC(=O)/C=C/c2ccccc2)OC(=O)/C=C/c2ccccc2)cc1C. The second-order valence-electron chi connectivity index (χ2n) is 7.39. The molecule has 4 heteroatoms.